The maximum Gasteiger partial charge on any atom is 0.329 e. The van der Waals surface area contributed by atoms with Gasteiger partial charge in [-0.2, -0.15) is 0 Å². The van der Waals surface area contributed by atoms with E-state index in [2.05, 4.69) is 15.0 Å². The zero-order chi connectivity index (χ0) is 17.5. The summed E-state index contributed by atoms with van der Waals surface area (Å²) in [5, 5.41) is 9.19. The molecule has 134 valence electrons. The maximum absolute atomic E-state index is 11.8. The molecule has 0 aliphatic heterocycles. The van der Waals surface area contributed by atoms with Crippen LogP contribution in [0.15, 0.2) is 9.59 Å². The van der Waals surface area contributed by atoms with Gasteiger partial charge in [-0.05, 0) is 19.8 Å². The molecule has 2 aromatic heterocycles. The summed E-state index contributed by atoms with van der Waals surface area (Å²) in [6.07, 6.45) is 9.55. The van der Waals surface area contributed by atoms with Crippen LogP contribution in [0.25, 0.3) is 11.2 Å². The third-order valence-electron chi connectivity index (χ3n) is 4.34. The lowest BCUT2D eigenvalue weighted by Gasteiger charge is -2.03. The van der Waals surface area contributed by atoms with Crippen molar-refractivity contribution in [3.05, 3.63) is 26.7 Å². The van der Waals surface area contributed by atoms with Gasteiger partial charge in [0.1, 0.15) is 11.3 Å². The SMILES string of the molecule is CC(O)CCCCCCCCCc1nc2c([nH]1)c(=O)[nH]c(=O)n2C. The quantitative estimate of drug-likeness (QED) is 0.577. The molecule has 3 N–H and O–H groups in total. The lowest BCUT2D eigenvalue weighted by molar-refractivity contribution is 0.180. The summed E-state index contributed by atoms with van der Waals surface area (Å²) in [5.74, 6) is 0.758. The molecule has 2 heterocycles. The van der Waals surface area contributed by atoms with Gasteiger partial charge in [0.2, 0.25) is 0 Å². The molecule has 0 aliphatic carbocycles. The largest absolute Gasteiger partial charge is 0.393 e. The summed E-state index contributed by atoms with van der Waals surface area (Å²) < 4.78 is 1.35. The zero-order valence-electron chi connectivity index (χ0n) is 14.6. The molecule has 0 saturated carbocycles. The molecule has 7 nitrogen and oxygen atoms in total. The normalized spacial score (nSPS) is 12.8. The Morgan fingerprint density at radius 3 is 2.33 bits per heavy atom. The van der Waals surface area contributed by atoms with Crippen LogP contribution >= 0.6 is 0 Å². The van der Waals surface area contributed by atoms with Crippen molar-refractivity contribution >= 4 is 11.2 Å². The van der Waals surface area contributed by atoms with Crippen molar-refractivity contribution in [2.45, 2.75) is 70.8 Å². The van der Waals surface area contributed by atoms with Crippen LogP contribution < -0.4 is 11.2 Å². The highest BCUT2D eigenvalue weighted by atomic mass is 16.3. The molecular formula is C17H28N4O3. The monoisotopic (exact) mass is 336 g/mol. The molecule has 24 heavy (non-hydrogen) atoms. The number of hydrogen-bond acceptors (Lipinski definition) is 4. The molecule has 0 fully saturated rings. The molecule has 2 rings (SSSR count). The van der Waals surface area contributed by atoms with Crippen molar-refractivity contribution in [2.24, 2.45) is 7.05 Å². The Bertz CT molecular complexity index is 757. The Morgan fingerprint density at radius 2 is 1.67 bits per heavy atom. The number of unbranched alkanes of at least 4 members (excludes halogenated alkanes) is 6. The van der Waals surface area contributed by atoms with Gasteiger partial charge < -0.3 is 10.1 Å². The van der Waals surface area contributed by atoms with Gasteiger partial charge in [0.15, 0.2) is 5.65 Å². The van der Waals surface area contributed by atoms with Crippen LogP contribution in [0.3, 0.4) is 0 Å². The van der Waals surface area contributed by atoms with Gasteiger partial charge >= 0.3 is 5.69 Å². The number of aromatic amines is 2. The maximum atomic E-state index is 11.8. The second-order valence-corrected chi connectivity index (χ2v) is 6.56. The molecule has 0 saturated heterocycles. The van der Waals surface area contributed by atoms with E-state index in [1.807, 2.05) is 6.92 Å². The zero-order valence-corrected chi connectivity index (χ0v) is 14.6. The second kappa shape index (κ2) is 8.82. The average Bonchev–Trinajstić information content (AvgIpc) is 2.96. The molecule has 0 aromatic carbocycles. The van der Waals surface area contributed by atoms with E-state index in [0.29, 0.717) is 11.2 Å². The van der Waals surface area contributed by atoms with Crippen LogP contribution in [-0.2, 0) is 13.5 Å². The number of nitrogens with one attached hydrogen (secondary N) is 2. The molecule has 0 bridgehead atoms. The topological polar surface area (TPSA) is 104 Å². The first kappa shape index (κ1) is 18.4. The number of aromatic nitrogens is 4. The van der Waals surface area contributed by atoms with Gasteiger partial charge in [0.05, 0.1) is 6.10 Å². The molecule has 0 amide bonds. The van der Waals surface area contributed by atoms with Crippen molar-refractivity contribution < 1.29 is 5.11 Å². The van der Waals surface area contributed by atoms with Crippen molar-refractivity contribution in [1.29, 1.82) is 0 Å². The minimum Gasteiger partial charge on any atom is -0.393 e. The minimum atomic E-state index is -0.443. The van der Waals surface area contributed by atoms with E-state index in [1.165, 1.54) is 30.3 Å². The number of aryl methyl sites for hydroxylation is 2. The van der Waals surface area contributed by atoms with Gasteiger partial charge in [-0.25, -0.2) is 9.78 Å². The highest BCUT2D eigenvalue weighted by molar-refractivity contribution is 5.69. The minimum absolute atomic E-state index is 0.180. The predicted molar refractivity (Wildman–Crippen MR) is 94.3 cm³/mol. The number of fused-ring (bicyclic) bond motifs is 1. The molecule has 7 heteroatoms. The number of H-pyrrole nitrogens is 2. The first-order valence-corrected chi connectivity index (χ1v) is 8.85. The summed E-state index contributed by atoms with van der Waals surface area (Å²) >= 11 is 0. The van der Waals surface area contributed by atoms with Crippen LogP contribution in [0.5, 0.6) is 0 Å². The van der Waals surface area contributed by atoms with Gasteiger partial charge in [-0.1, -0.05) is 38.5 Å². The summed E-state index contributed by atoms with van der Waals surface area (Å²) in [6, 6.07) is 0. The summed E-state index contributed by atoms with van der Waals surface area (Å²) in [7, 11) is 1.60. The van der Waals surface area contributed by atoms with E-state index in [9.17, 15) is 14.7 Å². The van der Waals surface area contributed by atoms with Gasteiger partial charge in [0, 0.05) is 13.5 Å². The summed E-state index contributed by atoms with van der Waals surface area (Å²) in [6.45, 7) is 1.84. The molecule has 0 radical (unpaired) electrons. The van der Waals surface area contributed by atoms with E-state index >= 15 is 0 Å². The Balaban J connectivity index is 1.71. The van der Waals surface area contributed by atoms with E-state index in [1.54, 1.807) is 7.05 Å². The van der Waals surface area contributed by atoms with Crippen LogP contribution in [0.4, 0.5) is 0 Å². The highest BCUT2D eigenvalue weighted by Crippen LogP contribution is 2.12. The van der Waals surface area contributed by atoms with Crippen LogP contribution in [-0.4, -0.2) is 30.7 Å². The standard InChI is InChI=1S/C17H28N4O3/c1-12(22)10-8-6-4-3-5-7-9-11-13-18-14-15(19-13)21(2)17(24)20-16(14)23/h12,22H,3-11H2,1-2H3,(H,18,19)(H,20,23,24). The predicted octanol–water partition coefficient (Wildman–Crippen LogP) is 1.99. The van der Waals surface area contributed by atoms with Crippen molar-refractivity contribution in [3.63, 3.8) is 0 Å². The van der Waals surface area contributed by atoms with Crippen LogP contribution in [0, 0.1) is 0 Å². The second-order valence-electron chi connectivity index (χ2n) is 6.56. The van der Waals surface area contributed by atoms with Crippen molar-refractivity contribution in [3.8, 4) is 0 Å². The Labute approximate surface area is 141 Å². The molecule has 2 aromatic rings. The number of nitrogens with zero attached hydrogens (tertiary/aromatic N) is 2. The first-order chi connectivity index (χ1) is 11.5. The van der Waals surface area contributed by atoms with E-state index in [0.717, 1.165) is 37.9 Å². The van der Waals surface area contributed by atoms with E-state index in [-0.39, 0.29) is 6.10 Å². The molecule has 1 unspecified atom stereocenters. The summed E-state index contributed by atoms with van der Waals surface area (Å²) in [4.78, 5) is 33.0. The lowest BCUT2D eigenvalue weighted by Crippen LogP contribution is -2.28. The molecule has 0 aliphatic rings. The van der Waals surface area contributed by atoms with Gasteiger partial charge in [-0.3, -0.25) is 14.3 Å². The molecule has 1 atom stereocenters. The third-order valence-corrected chi connectivity index (χ3v) is 4.34. The Hall–Kier alpha value is -1.89. The van der Waals surface area contributed by atoms with Crippen molar-refractivity contribution in [2.75, 3.05) is 0 Å². The number of aliphatic hydroxyl groups excluding tert-OH is 1. The Kier molecular flexibility index (Phi) is 6.78. The fourth-order valence-electron chi connectivity index (χ4n) is 2.89. The molecule has 0 spiro atoms. The number of aliphatic hydroxyl groups is 1. The van der Waals surface area contributed by atoms with Crippen molar-refractivity contribution in [1.82, 2.24) is 19.5 Å². The lowest BCUT2D eigenvalue weighted by atomic mass is 10.1. The third kappa shape index (κ3) is 5.06. The smallest absolute Gasteiger partial charge is 0.329 e. The number of imidazole rings is 1. The van der Waals surface area contributed by atoms with Gasteiger partial charge in [0.25, 0.3) is 5.56 Å². The number of hydrogen-bond donors (Lipinski definition) is 3. The van der Waals surface area contributed by atoms with Crippen LogP contribution in [0.2, 0.25) is 0 Å². The summed E-state index contributed by atoms with van der Waals surface area (Å²) in [5.41, 5.74) is -0.0766. The van der Waals surface area contributed by atoms with E-state index in [4.69, 9.17) is 0 Å². The van der Waals surface area contributed by atoms with E-state index < -0.39 is 11.2 Å². The van der Waals surface area contributed by atoms with Crippen LogP contribution in [0.1, 0.15) is 64.1 Å². The number of rotatable bonds is 10. The fraction of sp³-hybridized carbons (Fsp3) is 0.706. The highest BCUT2D eigenvalue weighted by Gasteiger charge is 2.10. The Morgan fingerprint density at radius 1 is 1.04 bits per heavy atom. The van der Waals surface area contributed by atoms with Gasteiger partial charge in [-0.15, -0.1) is 0 Å². The fourth-order valence-corrected chi connectivity index (χ4v) is 2.89. The molecular weight excluding hydrogens is 308 g/mol. The average molecular weight is 336 g/mol. The first-order valence-electron chi connectivity index (χ1n) is 8.85.